The molecule has 0 rings (SSSR count). The van der Waals surface area contributed by atoms with Crippen molar-refractivity contribution in [1.82, 2.24) is 0 Å². The molecule has 0 aliphatic heterocycles. The number of rotatable bonds is 6. The summed E-state index contributed by atoms with van der Waals surface area (Å²) in [4.78, 5) is 10.6. The van der Waals surface area contributed by atoms with Gasteiger partial charge in [0.2, 0.25) is 13.2 Å². The van der Waals surface area contributed by atoms with Crippen molar-refractivity contribution in [2.45, 2.75) is 19.8 Å². The Balaban J connectivity index is 3.83. The molecule has 1 unspecified atom stereocenters. The Labute approximate surface area is 78.3 Å². The van der Waals surface area contributed by atoms with Gasteiger partial charge >= 0.3 is 0 Å². The van der Waals surface area contributed by atoms with Gasteiger partial charge in [0.05, 0.1) is 6.61 Å². The Morgan fingerprint density at radius 3 is 2.69 bits per heavy atom. The van der Waals surface area contributed by atoms with Gasteiger partial charge < -0.3 is 4.52 Å². The quantitative estimate of drug-likeness (QED) is 0.487. The second-order valence-electron chi connectivity index (χ2n) is 2.86. The summed E-state index contributed by atoms with van der Waals surface area (Å²) in [6, 6.07) is 1.48. The number of carbonyl (C=O) groups is 1. The minimum Gasteiger partial charge on any atom is -0.329 e. The Hall–Kier alpha value is -0.650. The first-order valence-corrected chi connectivity index (χ1v) is 6.41. The van der Waals surface area contributed by atoms with Crippen molar-refractivity contribution >= 4 is 13.2 Å². The van der Waals surface area contributed by atoms with E-state index < -0.39 is 13.2 Å². The second kappa shape index (κ2) is 5.90. The van der Waals surface area contributed by atoms with E-state index in [1.807, 2.05) is 6.92 Å². The average molecular weight is 203 g/mol. The van der Waals surface area contributed by atoms with Crippen LogP contribution in [0.1, 0.15) is 19.8 Å². The third-order valence-electron chi connectivity index (χ3n) is 1.44. The van der Waals surface area contributed by atoms with Crippen LogP contribution in [0.2, 0.25) is 0 Å². The van der Waals surface area contributed by atoms with Crippen LogP contribution in [0, 0.1) is 11.3 Å². The van der Waals surface area contributed by atoms with E-state index in [1.54, 1.807) is 0 Å². The molecule has 0 aromatic rings. The minimum atomic E-state index is -2.65. The molecule has 74 valence electrons. The molecule has 13 heavy (non-hydrogen) atoms. The molecular formula is C8H14NO3P. The van der Waals surface area contributed by atoms with Gasteiger partial charge in [-0.3, -0.25) is 9.36 Å². The molecule has 4 nitrogen and oxygen atoms in total. The fourth-order valence-electron chi connectivity index (χ4n) is 0.709. The molecular weight excluding hydrogens is 189 g/mol. The van der Waals surface area contributed by atoms with Crippen LogP contribution in [0.4, 0.5) is 0 Å². The predicted molar refractivity (Wildman–Crippen MR) is 49.9 cm³/mol. The van der Waals surface area contributed by atoms with Gasteiger partial charge in [-0.15, -0.1) is 0 Å². The first-order chi connectivity index (χ1) is 6.02. The maximum Gasteiger partial charge on any atom is 0.232 e. The lowest BCUT2D eigenvalue weighted by Crippen LogP contribution is -2.01. The van der Waals surface area contributed by atoms with Crippen molar-refractivity contribution in [2.24, 2.45) is 0 Å². The lowest BCUT2D eigenvalue weighted by molar-refractivity contribution is -0.113. The number of hydrogen-bond donors (Lipinski definition) is 0. The molecule has 0 spiro atoms. The summed E-state index contributed by atoms with van der Waals surface area (Å²) < 4.78 is 16.6. The molecule has 1 atom stereocenters. The SMILES string of the molecule is CCCOP(C)(=O)CCC(=O)C#N. The van der Waals surface area contributed by atoms with Gasteiger partial charge in [0.15, 0.2) is 0 Å². The fraction of sp³-hybridized carbons (Fsp3) is 0.750. The first kappa shape index (κ1) is 12.3. The summed E-state index contributed by atoms with van der Waals surface area (Å²) in [6.07, 6.45) is 0.984. The highest BCUT2D eigenvalue weighted by Crippen LogP contribution is 2.42. The molecule has 0 amide bonds. The van der Waals surface area contributed by atoms with E-state index in [0.29, 0.717) is 6.61 Å². The minimum absolute atomic E-state index is 0.0218. The van der Waals surface area contributed by atoms with E-state index in [0.717, 1.165) is 6.42 Å². The number of nitrogens with zero attached hydrogens (tertiary/aromatic N) is 1. The predicted octanol–water partition coefficient (Wildman–Crippen LogP) is 1.80. The maximum absolute atomic E-state index is 11.5. The maximum atomic E-state index is 11.5. The molecule has 0 bridgehead atoms. The number of hydrogen-bond acceptors (Lipinski definition) is 4. The van der Waals surface area contributed by atoms with Gasteiger partial charge in [-0.05, 0) is 6.42 Å². The molecule has 0 heterocycles. The Morgan fingerprint density at radius 2 is 2.23 bits per heavy atom. The highest BCUT2D eigenvalue weighted by Gasteiger charge is 2.16. The van der Waals surface area contributed by atoms with Crippen LogP contribution in [0.3, 0.4) is 0 Å². The van der Waals surface area contributed by atoms with Gasteiger partial charge in [-0.1, -0.05) is 6.92 Å². The number of nitriles is 1. The molecule has 0 saturated heterocycles. The van der Waals surface area contributed by atoms with Gasteiger partial charge in [0, 0.05) is 19.2 Å². The van der Waals surface area contributed by atoms with Gasteiger partial charge in [0.25, 0.3) is 0 Å². The zero-order chi connectivity index (χ0) is 10.3. The van der Waals surface area contributed by atoms with Gasteiger partial charge in [-0.2, -0.15) is 5.26 Å². The second-order valence-corrected chi connectivity index (χ2v) is 5.59. The lowest BCUT2D eigenvalue weighted by Gasteiger charge is -2.11. The molecule has 0 radical (unpaired) electrons. The Morgan fingerprint density at radius 1 is 1.62 bits per heavy atom. The van der Waals surface area contributed by atoms with Crippen LogP contribution in [0.15, 0.2) is 0 Å². The van der Waals surface area contributed by atoms with Crippen LogP contribution >= 0.6 is 7.37 Å². The summed E-state index contributed by atoms with van der Waals surface area (Å²) in [5.41, 5.74) is 0. The van der Waals surface area contributed by atoms with E-state index in [9.17, 15) is 9.36 Å². The summed E-state index contributed by atoms with van der Waals surface area (Å²) in [6.45, 7) is 3.85. The summed E-state index contributed by atoms with van der Waals surface area (Å²) in [5, 5.41) is 8.18. The van der Waals surface area contributed by atoms with E-state index in [4.69, 9.17) is 9.79 Å². The Kier molecular flexibility index (Phi) is 5.61. The summed E-state index contributed by atoms with van der Waals surface area (Å²) >= 11 is 0. The molecule has 0 aliphatic rings. The first-order valence-electron chi connectivity index (χ1n) is 4.16. The van der Waals surface area contributed by atoms with Crippen molar-refractivity contribution in [3.63, 3.8) is 0 Å². The third-order valence-corrected chi connectivity index (χ3v) is 3.20. The van der Waals surface area contributed by atoms with Crippen LogP contribution in [0.5, 0.6) is 0 Å². The highest BCUT2D eigenvalue weighted by molar-refractivity contribution is 7.58. The van der Waals surface area contributed by atoms with Crippen LogP contribution in [-0.2, 0) is 13.9 Å². The average Bonchev–Trinajstić information content (AvgIpc) is 2.11. The Bertz CT molecular complexity index is 257. The zero-order valence-corrected chi connectivity index (χ0v) is 8.84. The molecule has 0 saturated carbocycles. The fourth-order valence-corrected chi connectivity index (χ4v) is 2.02. The standard InChI is InChI=1S/C8H14NO3P/c1-3-5-12-13(2,11)6-4-8(10)7-9/h3-6H2,1-2H3. The van der Waals surface area contributed by atoms with E-state index in [-0.39, 0.29) is 12.6 Å². The van der Waals surface area contributed by atoms with Crippen molar-refractivity contribution in [2.75, 3.05) is 19.4 Å². The molecule has 0 aromatic carbocycles. The smallest absolute Gasteiger partial charge is 0.232 e. The van der Waals surface area contributed by atoms with Crippen molar-refractivity contribution in [1.29, 1.82) is 5.26 Å². The van der Waals surface area contributed by atoms with E-state index >= 15 is 0 Å². The van der Waals surface area contributed by atoms with Crippen molar-refractivity contribution in [3.8, 4) is 6.07 Å². The normalized spacial score (nSPS) is 14.5. The molecule has 0 fully saturated rings. The largest absolute Gasteiger partial charge is 0.329 e. The van der Waals surface area contributed by atoms with Crippen LogP contribution in [-0.4, -0.2) is 25.2 Å². The summed E-state index contributed by atoms with van der Waals surface area (Å²) in [7, 11) is -2.65. The van der Waals surface area contributed by atoms with Crippen LogP contribution in [0.25, 0.3) is 0 Å². The summed E-state index contributed by atoms with van der Waals surface area (Å²) in [5.74, 6) is -0.540. The van der Waals surface area contributed by atoms with Crippen molar-refractivity contribution < 1.29 is 13.9 Å². The lowest BCUT2D eigenvalue weighted by atomic mass is 10.3. The highest BCUT2D eigenvalue weighted by atomic mass is 31.2. The zero-order valence-electron chi connectivity index (χ0n) is 7.95. The van der Waals surface area contributed by atoms with Crippen molar-refractivity contribution in [3.05, 3.63) is 0 Å². The van der Waals surface area contributed by atoms with Gasteiger partial charge in [0.1, 0.15) is 6.07 Å². The van der Waals surface area contributed by atoms with Gasteiger partial charge in [-0.25, -0.2) is 0 Å². The topological polar surface area (TPSA) is 67.2 Å². The molecule has 0 aliphatic carbocycles. The van der Waals surface area contributed by atoms with Crippen LogP contribution < -0.4 is 0 Å². The molecule has 5 heteroatoms. The van der Waals surface area contributed by atoms with E-state index in [2.05, 4.69) is 0 Å². The molecule has 0 aromatic heterocycles. The third kappa shape index (κ3) is 6.51. The molecule has 0 N–H and O–H groups in total. The monoisotopic (exact) mass is 203 g/mol. The number of carbonyl (C=O) groups excluding carboxylic acids is 1. The van der Waals surface area contributed by atoms with E-state index in [1.165, 1.54) is 12.7 Å². The number of ketones is 1. The number of Topliss-reactive ketones (excluding diaryl/α,β-unsaturated/α-hetero) is 1.